The number of aromatic nitrogens is 1. The molecule has 0 N–H and O–H groups in total. The van der Waals surface area contributed by atoms with Crippen LogP contribution in [0.3, 0.4) is 0 Å². The van der Waals surface area contributed by atoms with Crippen LogP contribution in [0.15, 0.2) is 42.6 Å². The fraction of sp³-hybridized carbons (Fsp3) is 0.143. The predicted molar refractivity (Wildman–Crippen MR) is 66.8 cm³/mol. The molecular weight excluding hydrogens is 230 g/mol. The Balaban J connectivity index is 2.13. The summed E-state index contributed by atoms with van der Waals surface area (Å²) in [7, 11) is 1.33. The summed E-state index contributed by atoms with van der Waals surface area (Å²) >= 11 is 0. The van der Waals surface area contributed by atoms with Crippen molar-refractivity contribution in [3.8, 4) is 11.6 Å². The van der Waals surface area contributed by atoms with Gasteiger partial charge in [-0.2, -0.15) is 0 Å². The summed E-state index contributed by atoms with van der Waals surface area (Å²) in [6.45, 7) is 1.99. The molecule has 0 saturated carbocycles. The molecule has 2 rings (SSSR count). The van der Waals surface area contributed by atoms with E-state index >= 15 is 0 Å². The Kier molecular flexibility index (Phi) is 3.57. The largest absolute Gasteiger partial charge is 0.465 e. The second-order valence-corrected chi connectivity index (χ2v) is 3.80. The van der Waals surface area contributed by atoms with Crippen LogP contribution in [0, 0.1) is 6.92 Å². The fourth-order valence-corrected chi connectivity index (χ4v) is 1.48. The Labute approximate surface area is 105 Å². The molecule has 2 aromatic rings. The molecule has 0 radical (unpaired) electrons. The van der Waals surface area contributed by atoms with Gasteiger partial charge in [0.2, 0.25) is 5.88 Å². The molecule has 4 nitrogen and oxygen atoms in total. The lowest BCUT2D eigenvalue weighted by Gasteiger charge is -2.05. The van der Waals surface area contributed by atoms with Gasteiger partial charge in [0.25, 0.3) is 0 Å². The smallest absolute Gasteiger partial charge is 0.339 e. The van der Waals surface area contributed by atoms with Gasteiger partial charge in [-0.3, -0.25) is 0 Å². The summed E-state index contributed by atoms with van der Waals surface area (Å²) in [6, 6.07) is 10.9. The lowest BCUT2D eigenvalue weighted by Crippen LogP contribution is -2.01. The molecule has 92 valence electrons. The van der Waals surface area contributed by atoms with Crippen LogP contribution in [0.25, 0.3) is 0 Å². The third kappa shape index (κ3) is 2.85. The van der Waals surface area contributed by atoms with Crippen molar-refractivity contribution in [3.63, 3.8) is 0 Å². The van der Waals surface area contributed by atoms with Crippen LogP contribution >= 0.6 is 0 Å². The van der Waals surface area contributed by atoms with E-state index in [0.717, 1.165) is 5.56 Å². The molecular formula is C14H13NO3. The van der Waals surface area contributed by atoms with Crippen molar-refractivity contribution in [2.24, 2.45) is 0 Å². The highest BCUT2D eigenvalue weighted by Crippen LogP contribution is 2.20. The number of carbonyl (C=O) groups is 1. The van der Waals surface area contributed by atoms with Crippen molar-refractivity contribution in [1.82, 2.24) is 4.98 Å². The molecule has 1 aromatic carbocycles. The van der Waals surface area contributed by atoms with Crippen molar-refractivity contribution in [3.05, 3.63) is 53.7 Å². The van der Waals surface area contributed by atoms with Gasteiger partial charge in [0.15, 0.2) is 0 Å². The minimum absolute atomic E-state index is 0.397. The number of hydrogen-bond acceptors (Lipinski definition) is 4. The first kappa shape index (κ1) is 12.1. The molecule has 4 heteroatoms. The molecule has 0 aliphatic rings. The van der Waals surface area contributed by atoms with Crippen molar-refractivity contribution in [2.75, 3.05) is 7.11 Å². The molecule has 0 bridgehead atoms. The van der Waals surface area contributed by atoms with Crippen molar-refractivity contribution in [2.45, 2.75) is 6.92 Å². The SMILES string of the molecule is COC(=O)c1ccc(Oc2cccc(C)c2)nc1. The number of ether oxygens (including phenoxy) is 2. The molecule has 0 atom stereocenters. The quantitative estimate of drug-likeness (QED) is 0.777. The first-order valence-corrected chi connectivity index (χ1v) is 5.48. The van der Waals surface area contributed by atoms with E-state index in [1.54, 1.807) is 12.1 Å². The number of benzene rings is 1. The summed E-state index contributed by atoms with van der Waals surface area (Å²) in [5.41, 5.74) is 1.51. The average molecular weight is 243 g/mol. The molecule has 0 saturated heterocycles. The predicted octanol–water partition coefficient (Wildman–Crippen LogP) is 2.97. The Hall–Kier alpha value is -2.36. The maximum absolute atomic E-state index is 11.2. The zero-order valence-corrected chi connectivity index (χ0v) is 10.2. The summed E-state index contributed by atoms with van der Waals surface area (Å²) in [5, 5.41) is 0. The maximum atomic E-state index is 11.2. The second kappa shape index (κ2) is 5.31. The van der Waals surface area contributed by atoms with Gasteiger partial charge < -0.3 is 9.47 Å². The third-order valence-electron chi connectivity index (χ3n) is 2.37. The van der Waals surface area contributed by atoms with Crippen molar-refractivity contribution in [1.29, 1.82) is 0 Å². The van der Waals surface area contributed by atoms with Crippen LogP contribution in [-0.4, -0.2) is 18.1 Å². The highest BCUT2D eigenvalue weighted by Gasteiger charge is 2.06. The van der Waals surface area contributed by atoms with E-state index in [-0.39, 0.29) is 0 Å². The van der Waals surface area contributed by atoms with E-state index in [9.17, 15) is 4.79 Å². The van der Waals surface area contributed by atoms with Gasteiger partial charge in [-0.15, -0.1) is 0 Å². The van der Waals surface area contributed by atoms with Gasteiger partial charge >= 0.3 is 5.97 Å². The molecule has 1 aromatic heterocycles. The lowest BCUT2D eigenvalue weighted by molar-refractivity contribution is 0.0600. The number of hydrogen-bond donors (Lipinski definition) is 0. The number of esters is 1. The number of methoxy groups -OCH3 is 1. The maximum Gasteiger partial charge on any atom is 0.339 e. The summed E-state index contributed by atoms with van der Waals surface area (Å²) < 4.78 is 10.2. The van der Waals surface area contributed by atoms with E-state index in [2.05, 4.69) is 9.72 Å². The molecule has 0 fully saturated rings. The number of carbonyl (C=O) groups excluding carboxylic acids is 1. The fourth-order valence-electron chi connectivity index (χ4n) is 1.48. The monoisotopic (exact) mass is 243 g/mol. The first-order chi connectivity index (χ1) is 8.69. The van der Waals surface area contributed by atoms with Gasteiger partial charge in [0, 0.05) is 12.3 Å². The Morgan fingerprint density at radius 3 is 2.67 bits per heavy atom. The van der Waals surface area contributed by atoms with Crippen LogP contribution in [-0.2, 0) is 4.74 Å². The minimum Gasteiger partial charge on any atom is -0.465 e. The van der Waals surface area contributed by atoms with Crippen LogP contribution in [0.1, 0.15) is 15.9 Å². The highest BCUT2D eigenvalue weighted by molar-refractivity contribution is 5.88. The van der Waals surface area contributed by atoms with E-state index in [0.29, 0.717) is 17.2 Å². The zero-order chi connectivity index (χ0) is 13.0. The van der Waals surface area contributed by atoms with Crippen molar-refractivity contribution >= 4 is 5.97 Å². The van der Waals surface area contributed by atoms with Crippen LogP contribution in [0.4, 0.5) is 0 Å². The van der Waals surface area contributed by atoms with Crippen LogP contribution < -0.4 is 4.74 Å². The van der Waals surface area contributed by atoms with E-state index in [1.807, 2.05) is 31.2 Å². The highest BCUT2D eigenvalue weighted by atomic mass is 16.5. The van der Waals surface area contributed by atoms with E-state index in [1.165, 1.54) is 13.3 Å². The van der Waals surface area contributed by atoms with Crippen LogP contribution in [0.2, 0.25) is 0 Å². The topological polar surface area (TPSA) is 48.4 Å². The summed E-state index contributed by atoms with van der Waals surface area (Å²) in [4.78, 5) is 15.3. The zero-order valence-electron chi connectivity index (χ0n) is 10.2. The third-order valence-corrected chi connectivity index (χ3v) is 2.37. The summed E-state index contributed by atoms with van der Waals surface area (Å²) in [6.07, 6.45) is 1.43. The molecule has 18 heavy (non-hydrogen) atoms. The standard InChI is InChI=1S/C14H13NO3/c1-10-4-3-5-12(8-10)18-13-7-6-11(9-15-13)14(16)17-2/h3-9H,1-2H3. The minimum atomic E-state index is -0.412. The summed E-state index contributed by atoms with van der Waals surface area (Å²) in [5.74, 6) is 0.742. The van der Waals surface area contributed by atoms with Crippen LogP contribution in [0.5, 0.6) is 11.6 Å². The number of nitrogens with zero attached hydrogens (tertiary/aromatic N) is 1. The van der Waals surface area contributed by atoms with Gasteiger partial charge in [0.05, 0.1) is 12.7 Å². The molecule has 0 aliphatic heterocycles. The average Bonchev–Trinajstić information content (AvgIpc) is 2.39. The van der Waals surface area contributed by atoms with Crippen molar-refractivity contribution < 1.29 is 14.3 Å². The number of pyridine rings is 1. The van der Waals surface area contributed by atoms with Gasteiger partial charge in [0.1, 0.15) is 5.75 Å². The van der Waals surface area contributed by atoms with Gasteiger partial charge in [-0.25, -0.2) is 9.78 Å². The molecule has 0 spiro atoms. The van der Waals surface area contributed by atoms with E-state index < -0.39 is 5.97 Å². The molecule has 0 unspecified atom stereocenters. The Morgan fingerprint density at radius 2 is 2.06 bits per heavy atom. The molecule has 1 heterocycles. The van der Waals surface area contributed by atoms with E-state index in [4.69, 9.17) is 4.74 Å². The Bertz CT molecular complexity index is 549. The molecule has 0 aliphatic carbocycles. The second-order valence-electron chi connectivity index (χ2n) is 3.80. The number of aryl methyl sites for hydroxylation is 1. The normalized spacial score (nSPS) is 9.89. The number of rotatable bonds is 3. The Morgan fingerprint density at radius 1 is 1.22 bits per heavy atom. The van der Waals surface area contributed by atoms with Gasteiger partial charge in [-0.05, 0) is 30.7 Å². The molecule has 0 amide bonds. The first-order valence-electron chi connectivity index (χ1n) is 5.48. The lowest BCUT2D eigenvalue weighted by atomic mass is 10.2. The van der Waals surface area contributed by atoms with Gasteiger partial charge in [-0.1, -0.05) is 12.1 Å².